The van der Waals surface area contributed by atoms with Gasteiger partial charge in [0.15, 0.2) is 0 Å². The van der Waals surface area contributed by atoms with Crippen molar-refractivity contribution in [1.82, 2.24) is 9.97 Å². The van der Waals surface area contributed by atoms with Crippen LogP contribution in [0.15, 0.2) is 48.8 Å². The number of hydrogen-bond acceptors (Lipinski definition) is 6. The second-order valence-corrected chi connectivity index (χ2v) is 3.98. The Morgan fingerprint density at radius 3 is 1.43 bits per heavy atom. The first kappa shape index (κ1) is 19.3. The zero-order valence-electron chi connectivity index (χ0n) is 11.0. The molecule has 2 aromatic heterocycles. The Balaban J connectivity index is 0.000000364. The fourth-order valence-electron chi connectivity index (χ4n) is 1.02. The van der Waals surface area contributed by atoms with Crippen molar-refractivity contribution in [1.29, 1.82) is 0 Å². The molecule has 0 aliphatic heterocycles. The van der Waals surface area contributed by atoms with Gasteiger partial charge < -0.3 is 20.9 Å². The van der Waals surface area contributed by atoms with Gasteiger partial charge in [-0.25, -0.2) is 9.97 Å². The molecule has 0 saturated heterocycles. The van der Waals surface area contributed by atoms with Gasteiger partial charge in [-0.05, 0) is 36.6 Å². The Morgan fingerprint density at radius 2 is 1.19 bits per heavy atom. The first-order valence-corrected chi connectivity index (χ1v) is 6.16. The first-order chi connectivity index (χ1) is 9.58. The molecule has 6 nitrogen and oxygen atoms in total. The maximum Gasteiger partial charge on any atom is 0.260 e. The summed E-state index contributed by atoms with van der Waals surface area (Å²) in [5.74, 6) is 0.852. The third-order valence-electron chi connectivity index (χ3n) is 1.69. The van der Waals surface area contributed by atoms with Crippen molar-refractivity contribution in [2.24, 2.45) is 11.5 Å². The van der Waals surface area contributed by atoms with E-state index in [1.165, 1.54) is 0 Å². The van der Waals surface area contributed by atoms with Gasteiger partial charge in [0, 0.05) is 44.0 Å². The minimum absolute atomic E-state index is 0. The van der Waals surface area contributed by atoms with Crippen molar-refractivity contribution in [3.05, 3.63) is 48.8 Å². The van der Waals surface area contributed by atoms with Crippen LogP contribution in [-0.4, -0.2) is 20.3 Å². The minimum Gasteiger partial charge on any atom is -0.413 e. The first-order valence-electron chi connectivity index (χ1n) is 5.34. The van der Waals surface area contributed by atoms with Crippen LogP contribution in [0, 0.1) is 0 Å². The molecule has 2 rings (SSSR count). The monoisotopic (exact) mass is 372 g/mol. The SMILES string of the molecule is NC(=S)Oc1ccccn1.NC(=S)Oc1ccccn1.[Zn]. The Hall–Kier alpha value is -1.70. The third kappa shape index (κ3) is 9.78. The molecule has 0 atom stereocenters. The molecule has 2 heterocycles. The standard InChI is InChI=1S/2C6H6N2OS.Zn/c2*7-6(10)9-5-3-1-2-4-8-5;/h2*1-4H,(H2,7,10);. The van der Waals surface area contributed by atoms with Crippen LogP contribution in [0.5, 0.6) is 11.8 Å². The van der Waals surface area contributed by atoms with E-state index in [9.17, 15) is 0 Å². The van der Waals surface area contributed by atoms with Crippen molar-refractivity contribution < 1.29 is 29.0 Å². The molecular weight excluding hydrogens is 362 g/mol. The van der Waals surface area contributed by atoms with E-state index in [0.29, 0.717) is 11.8 Å². The van der Waals surface area contributed by atoms with Gasteiger partial charge in [0.1, 0.15) is 0 Å². The van der Waals surface area contributed by atoms with Crippen LogP contribution in [0.2, 0.25) is 0 Å². The van der Waals surface area contributed by atoms with Crippen molar-refractivity contribution in [2.45, 2.75) is 0 Å². The van der Waals surface area contributed by atoms with E-state index in [2.05, 4.69) is 34.4 Å². The van der Waals surface area contributed by atoms with Gasteiger partial charge in [-0.2, -0.15) is 0 Å². The number of rotatable bonds is 2. The van der Waals surface area contributed by atoms with E-state index < -0.39 is 0 Å². The molecule has 9 heteroatoms. The molecule has 0 spiro atoms. The molecule has 4 N–H and O–H groups in total. The van der Waals surface area contributed by atoms with Crippen molar-refractivity contribution in [3.8, 4) is 11.8 Å². The van der Waals surface area contributed by atoms with Gasteiger partial charge in [-0.15, -0.1) is 0 Å². The average molecular weight is 374 g/mol. The number of nitrogens with zero attached hydrogens (tertiary/aromatic N) is 2. The third-order valence-corrected chi connectivity index (χ3v) is 1.85. The fraction of sp³-hybridized carbons (Fsp3) is 0. The van der Waals surface area contributed by atoms with Gasteiger partial charge >= 0.3 is 0 Å². The van der Waals surface area contributed by atoms with E-state index in [-0.39, 0.29) is 29.8 Å². The van der Waals surface area contributed by atoms with Crippen LogP contribution >= 0.6 is 24.4 Å². The number of nitrogens with two attached hydrogens (primary N) is 2. The average Bonchev–Trinajstić information content (AvgIpc) is 2.40. The molecule has 0 radical (unpaired) electrons. The van der Waals surface area contributed by atoms with Gasteiger partial charge in [0.05, 0.1) is 0 Å². The Kier molecular flexibility index (Phi) is 10.1. The normalized spacial score (nSPS) is 8.38. The van der Waals surface area contributed by atoms with Crippen LogP contribution in [0.1, 0.15) is 0 Å². The van der Waals surface area contributed by atoms with Crippen molar-refractivity contribution in [3.63, 3.8) is 0 Å². The molecule has 0 amide bonds. The van der Waals surface area contributed by atoms with Gasteiger partial charge in [-0.3, -0.25) is 0 Å². The summed E-state index contributed by atoms with van der Waals surface area (Å²) in [6, 6.07) is 10.5. The molecule has 0 saturated carbocycles. The Labute approximate surface area is 145 Å². The fourth-order valence-corrected chi connectivity index (χ4v) is 1.19. The van der Waals surface area contributed by atoms with Crippen molar-refractivity contribution >= 4 is 34.8 Å². The zero-order chi connectivity index (χ0) is 14.8. The summed E-state index contributed by atoms with van der Waals surface area (Å²) in [7, 11) is 0. The van der Waals surface area contributed by atoms with Crippen LogP contribution in [-0.2, 0) is 19.5 Å². The van der Waals surface area contributed by atoms with Gasteiger partial charge in [0.25, 0.3) is 10.3 Å². The van der Waals surface area contributed by atoms with Gasteiger partial charge in [-0.1, -0.05) is 12.1 Å². The Bertz CT molecular complexity index is 506. The molecule has 2 aromatic rings. The molecular formula is C12H12N4O2S2Zn. The maximum atomic E-state index is 5.09. The molecule has 106 valence electrons. The smallest absolute Gasteiger partial charge is 0.260 e. The zero-order valence-corrected chi connectivity index (χ0v) is 15.6. The molecule has 0 bridgehead atoms. The molecule has 0 fully saturated rings. The van der Waals surface area contributed by atoms with E-state index in [4.69, 9.17) is 20.9 Å². The number of ether oxygens (including phenoxy) is 2. The topological polar surface area (TPSA) is 96.3 Å². The van der Waals surface area contributed by atoms with Gasteiger partial charge in [0.2, 0.25) is 11.8 Å². The molecule has 0 aliphatic carbocycles. The van der Waals surface area contributed by atoms with E-state index in [0.717, 1.165) is 0 Å². The number of hydrogen-bond donors (Lipinski definition) is 2. The van der Waals surface area contributed by atoms with E-state index >= 15 is 0 Å². The number of thiocarbonyl (C=S) groups is 2. The minimum atomic E-state index is -0.0151. The summed E-state index contributed by atoms with van der Waals surface area (Å²) in [5, 5.41) is -0.0302. The van der Waals surface area contributed by atoms with Crippen molar-refractivity contribution in [2.75, 3.05) is 0 Å². The summed E-state index contributed by atoms with van der Waals surface area (Å²) < 4.78 is 9.62. The Morgan fingerprint density at radius 1 is 0.810 bits per heavy atom. The summed E-state index contributed by atoms with van der Waals surface area (Å²) in [6.45, 7) is 0. The molecule has 21 heavy (non-hydrogen) atoms. The van der Waals surface area contributed by atoms with E-state index in [1.54, 1.807) is 48.8 Å². The number of aromatic nitrogens is 2. The summed E-state index contributed by atoms with van der Waals surface area (Å²) >= 11 is 8.99. The van der Waals surface area contributed by atoms with E-state index in [1.807, 2.05) is 0 Å². The quantitative estimate of drug-likeness (QED) is 0.602. The largest absolute Gasteiger partial charge is 0.413 e. The van der Waals surface area contributed by atoms with Crippen LogP contribution in [0.3, 0.4) is 0 Å². The predicted octanol–water partition coefficient (Wildman–Crippen LogP) is 1.41. The van der Waals surface area contributed by atoms with Crippen LogP contribution in [0.4, 0.5) is 0 Å². The summed E-state index contributed by atoms with van der Waals surface area (Å²) in [5.41, 5.74) is 10.2. The summed E-state index contributed by atoms with van der Waals surface area (Å²) in [4.78, 5) is 7.66. The number of pyridine rings is 2. The van der Waals surface area contributed by atoms with Crippen LogP contribution in [0.25, 0.3) is 0 Å². The molecule has 0 aromatic carbocycles. The van der Waals surface area contributed by atoms with Crippen LogP contribution < -0.4 is 20.9 Å². The maximum absolute atomic E-state index is 5.09. The second-order valence-electron chi connectivity index (χ2n) is 3.18. The molecule has 0 unspecified atom stereocenters. The molecule has 0 aliphatic rings. The predicted molar refractivity (Wildman–Crippen MR) is 83.3 cm³/mol. The summed E-state index contributed by atoms with van der Waals surface area (Å²) in [6.07, 6.45) is 3.21. The second kappa shape index (κ2) is 11.0.